The van der Waals surface area contributed by atoms with Crippen molar-refractivity contribution in [1.82, 2.24) is 4.98 Å². The Labute approximate surface area is 165 Å². The predicted octanol–water partition coefficient (Wildman–Crippen LogP) is 6.59. The highest BCUT2D eigenvalue weighted by Gasteiger charge is 2.06. The van der Waals surface area contributed by atoms with E-state index in [-0.39, 0.29) is 0 Å². The van der Waals surface area contributed by atoms with Crippen LogP contribution in [0.2, 0.25) is 0 Å². The summed E-state index contributed by atoms with van der Waals surface area (Å²) in [5, 5.41) is 0. The van der Waals surface area contributed by atoms with Crippen molar-refractivity contribution in [3.63, 3.8) is 0 Å². The second-order valence-corrected chi connectivity index (χ2v) is 6.51. The average molecular weight is 363 g/mol. The number of rotatable bonds is 5. The van der Waals surface area contributed by atoms with Crippen molar-refractivity contribution < 1.29 is 4.74 Å². The summed E-state index contributed by atoms with van der Waals surface area (Å²) in [6.45, 7) is 0. The van der Waals surface area contributed by atoms with E-state index < -0.39 is 0 Å². The molecule has 0 saturated carbocycles. The highest BCUT2D eigenvalue weighted by Crippen LogP contribution is 2.26. The van der Waals surface area contributed by atoms with Crippen molar-refractivity contribution in [1.29, 1.82) is 0 Å². The van der Waals surface area contributed by atoms with Crippen LogP contribution >= 0.6 is 0 Å². The molecule has 0 unspecified atom stereocenters. The average Bonchev–Trinajstić information content (AvgIpc) is 2.79. The predicted molar refractivity (Wildman–Crippen MR) is 117 cm³/mol. The van der Waals surface area contributed by atoms with Crippen LogP contribution in [-0.2, 0) is 0 Å². The van der Waals surface area contributed by atoms with E-state index in [1.165, 1.54) is 0 Å². The van der Waals surface area contributed by atoms with E-state index >= 15 is 0 Å². The number of aromatic nitrogens is 1. The molecule has 2 nitrogen and oxygen atoms in total. The van der Waals surface area contributed by atoms with Gasteiger partial charge in [0, 0.05) is 11.1 Å². The van der Waals surface area contributed by atoms with Crippen LogP contribution < -0.4 is 4.74 Å². The Hall–Kier alpha value is -3.65. The van der Waals surface area contributed by atoms with Crippen LogP contribution in [0.5, 0.6) is 5.75 Å². The molecule has 0 atom stereocenters. The van der Waals surface area contributed by atoms with Gasteiger partial charge in [-0.1, -0.05) is 84.9 Å². The highest BCUT2D eigenvalue weighted by molar-refractivity contribution is 5.76. The maximum absolute atomic E-state index is 5.23. The van der Waals surface area contributed by atoms with Crippen LogP contribution in [0.25, 0.3) is 34.7 Å². The van der Waals surface area contributed by atoms with Gasteiger partial charge in [0.05, 0.1) is 18.5 Å². The van der Waals surface area contributed by atoms with Crippen LogP contribution in [0.4, 0.5) is 0 Å². The first-order valence-corrected chi connectivity index (χ1v) is 9.27. The van der Waals surface area contributed by atoms with Gasteiger partial charge >= 0.3 is 0 Å². The lowest BCUT2D eigenvalue weighted by Gasteiger charge is -2.08. The number of hydrogen-bond donors (Lipinski definition) is 0. The molecule has 0 aliphatic rings. The molecule has 3 aromatic carbocycles. The Morgan fingerprint density at radius 3 is 1.61 bits per heavy atom. The Kier molecular flexibility index (Phi) is 5.30. The first-order chi connectivity index (χ1) is 13.8. The molecule has 0 bridgehead atoms. The van der Waals surface area contributed by atoms with Gasteiger partial charge < -0.3 is 4.74 Å². The van der Waals surface area contributed by atoms with Crippen molar-refractivity contribution in [3.05, 3.63) is 108 Å². The fraction of sp³-hybridized carbons (Fsp3) is 0.0385. The molecule has 0 aliphatic heterocycles. The largest absolute Gasteiger partial charge is 0.497 e. The molecule has 0 spiro atoms. The topological polar surface area (TPSA) is 22.1 Å². The first kappa shape index (κ1) is 17.7. The third-order valence-electron chi connectivity index (χ3n) is 4.57. The van der Waals surface area contributed by atoms with E-state index in [1.807, 2.05) is 60.7 Å². The molecule has 0 amide bonds. The summed E-state index contributed by atoms with van der Waals surface area (Å²) < 4.78 is 5.23. The van der Waals surface area contributed by atoms with Crippen molar-refractivity contribution in [3.8, 4) is 28.3 Å². The van der Waals surface area contributed by atoms with Gasteiger partial charge in [-0.15, -0.1) is 0 Å². The quantitative estimate of drug-likeness (QED) is 0.399. The van der Waals surface area contributed by atoms with Gasteiger partial charge in [-0.3, -0.25) is 0 Å². The monoisotopic (exact) mass is 363 g/mol. The summed E-state index contributed by atoms with van der Waals surface area (Å²) >= 11 is 0. The van der Waals surface area contributed by atoms with Crippen molar-refractivity contribution in [2.75, 3.05) is 7.11 Å². The highest BCUT2D eigenvalue weighted by atomic mass is 16.5. The Balaban J connectivity index is 1.74. The van der Waals surface area contributed by atoms with Gasteiger partial charge in [0.25, 0.3) is 0 Å². The maximum atomic E-state index is 5.23. The second kappa shape index (κ2) is 8.36. The Bertz CT molecular complexity index is 1010. The Morgan fingerprint density at radius 1 is 0.607 bits per heavy atom. The molecule has 4 rings (SSSR count). The van der Waals surface area contributed by atoms with E-state index in [4.69, 9.17) is 9.72 Å². The minimum atomic E-state index is 0.860. The fourth-order valence-corrected chi connectivity index (χ4v) is 3.07. The van der Waals surface area contributed by atoms with E-state index in [2.05, 4.69) is 48.6 Å². The van der Waals surface area contributed by atoms with Crippen LogP contribution in [0.15, 0.2) is 97.1 Å². The summed E-state index contributed by atoms with van der Waals surface area (Å²) in [5.41, 5.74) is 6.40. The summed E-state index contributed by atoms with van der Waals surface area (Å²) in [4.78, 5) is 4.90. The normalized spacial score (nSPS) is 10.9. The summed E-state index contributed by atoms with van der Waals surface area (Å²) in [5.74, 6) is 0.860. The van der Waals surface area contributed by atoms with E-state index in [1.54, 1.807) is 7.11 Å². The van der Waals surface area contributed by atoms with Gasteiger partial charge in [0.15, 0.2) is 0 Å². The lowest BCUT2D eigenvalue weighted by atomic mass is 10.0. The number of ether oxygens (including phenoxy) is 1. The number of benzene rings is 3. The standard InChI is InChI=1S/C26H21NO/c1-28-24-16-14-20(15-17-24)12-13-21-18-25(22-8-4-2-5-9-22)27-26(19-21)23-10-6-3-7-11-23/h2-19H,1H3. The van der Waals surface area contributed by atoms with Crippen molar-refractivity contribution in [2.45, 2.75) is 0 Å². The molecule has 0 saturated heterocycles. The first-order valence-electron chi connectivity index (χ1n) is 9.27. The van der Waals surface area contributed by atoms with Crippen molar-refractivity contribution in [2.24, 2.45) is 0 Å². The zero-order valence-corrected chi connectivity index (χ0v) is 15.7. The van der Waals surface area contributed by atoms with Gasteiger partial charge in [0.2, 0.25) is 0 Å². The Morgan fingerprint density at radius 2 is 1.11 bits per heavy atom. The van der Waals surface area contributed by atoms with Crippen LogP contribution in [-0.4, -0.2) is 12.1 Å². The number of hydrogen-bond acceptors (Lipinski definition) is 2. The molecule has 0 fully saturated rings. The maximum Gasteiger partial charge on any atom is 0.118 e. The van der Waals surface area contributed by atoms with Gasteiger partial charge in [0.1, 0.15) is 5.75 Å². The smallest absolute Gasteiger partial charge is 0.118 e. The summed E-state index contributed by atoms with van der Waals surface area (Å²) in [7, 11) is 1.68. The van der Waals surface area contributed by atoms with Crippen LogP contribution in [0, 0.1) is 0 Å². The molecule has 4 aromatic rings. The molecular weight excluding hydrogens is 342 g/mol. The lowest BCUT2D eigenvalue weighted by molar-refractivity contribution is 0.415. The van der Waals surface area contributed by atoms with E-state index in [0.717, 1.165) is 39.4 Å². The third kappa shape index (κ3) is 4.18. The molecule has 2 heteroatoms. The molecule has 0 N–H and O–H groups in total. The van der Waals surface area contributed by atoms with Gasteiger partial charge in [-0.2, -0.15) is 0 Å². The minimum Gasteiger partial charge on any atom is -0.497 e. The second-order valence-electron chi connectivity index (χ2n) is 6.51. The number of methoxy groups -OCH3 is 1. The van der Waals surface area contributed by atoms with Crippen molar-refractivity contribution >= 4 is 12.2 Å². The van der Waals surface area contributed by atoms with Gasteiger partial charge in [-0.25, -0.2) is 4.98 Å². The zero-order chi connectivity index (χ0) is 19.2. The summed E-state index contributed by atoms with van der Waals surface area (Å²) in [6, 6.07) is 32.9. The van der Waals surface area contributed by atoms with E-state index in [9.17, 15) is 0 Å². The molecule has 1 heterocycles. The molecule has 136 valence electrons. The van der Waals surface area contributed by atoms with Gasteiger partial charge in [-0.05, 0) is 35.4 Å². The number of nitrogens with zero attached hydrogens (tertiary/aromatic N) is 1. The zero-order valence-electron chi connectivity index (χ0n) is 15.7. The molecule has 0 radical (unpaired) electrons. The molecule has 28 heavy (non-hydrogen) atoms. The van der Waals surface area contributed by atoms with Crippen LogP contribution in [0.3, 0.4) is 0 Å². The fourth-order valence-electron chi connectivity index (χ4n) is 3.07. The minimum absolute atomic E-state index is 0.860. The SMILES string of the molecule is COc1ccc(C=Cc2cc(-c3ccccc3)nc(-c3ccccc3)c2)cc1. The van der Waals surface area contributed by atoms with E-state index in [0.29, 0.717) is 0 Å². The molecule has 1 aromatic heterocycles. The van der Waals surface area contributed by atoms with Crippen LogP contribution in [0.1, 0.15) is 11.1 Å². The third-order valence-corrected chi connectivity index (χ3v) is 4.57. The summed E-state index contributed by atoms with van der Waals surface area (Å²) in [6.07, 6.45) is 4.24. The molecular formula is C26H21NO. The lowest BCUT2D eigenvalue weighted by Crippen LogP contribution is -1.90. The molecule has 0 aliphatic carbocycles. The number of pyridine rings is 1.